The molecule has 6 heteroatoms. The number of ether oxygens (including phenoxy) is 1. The summed E-state index contributed by atoms with van der Waals surface area (Å²) in [6.45, 7) is 0.831. The summed E-state index contributed by atoms with van der Waals surface area (Å²) in [7, 11) is 1.59. The smallest absolute Gasteiger partial charge is 0.188 e. The van der Waals surface area contributed by atoms with Crippen molar-refractivity contribution in [3.63, 3.8) is 0 Å². The van der Waals surface area contributed by atoms with E-state index in [0.29, 0.717) is 18.3 Å². The predicted molar refractivity (Wildman–Crippen MR) is 90.4 cm³/mol. The number of nitrogens with two attached hydrogens (primary N) is 1. The number of benzene rings is 1. The predicted octanol–water partition coefficient (Wildman–Crippen LogP) is 1.27. The number of nitrogens with one attached hydrogen (secondary N) is 1. The molecule has 0 saturated heterocycles. The zero-order chi connectivity index (χ0) is 16.5. The Balaban J connectivity index is 1.79. The maximum Gasteiger partial charge on any atom is 0.188 e. The van der Waals surface area contributed by atoms with E-state index in [2.05, 4.69) is 15.3 Å². The number of aliphatic hydroxyl groups excluding tert-OH is 1. The van der Waals surface area contributed by atoms with Crippen molar-refractivity contribution in [2.24, 2.45) is 10.7 Å². The molecule has 1 aromatic carbocycles. The third-order valence-corrected chi connectivity index (χ3v) is 3.33. The van der Waals surface area contributed by atoms with Crippen molar-refractivity contribution >= 4 is 5.96 Å². The van der Waals surface area contributed by atoms with Gasteiger partial charge in [-0.2, -0.15) is 0 Å². The van der Waals surface area contributed by atoms with Gasteiger partial charge in [0.05, 0.1) is 19.8 Å². The normalized spacial score (nSPS) is 12.7. The second-order valence-corrected chi connectivity index (χ2v) is 5.02. The van der Waals surface area contributed by atoms with Gasteiger partial charge < -0.3 is 20.9 Å². The lowest BCUT2D eigenvalue weighted by Crippen LogP contribution is -2.33. The van der Waals surface area contributed by atoms with Crippen molar-refractivity contribution in [3.8, 4) is 5.75 Å². The van der Waals surface area contributed by atoms with E-state index in [1.54, 1.807) is 19.4 Å². The van der Waals surface area contributed by atoms with Gasteiger partial charge in [-0.05, 0) is 29.8 Å². The lowest BCUT2D eigenvalue weighted by atomic mass is 10.1. The van der Waals surface area contributed by atoms with Crippen LogP contribution in [0.4, 0.5) is 0 Å². The molecule has 1 aromatic heterocycles. The Morgan fingerprint density at radius 3 is 2.96 bits per heavy atom. The van der Waals surface area contributed by atoms with Crippen molar-refractivity contribution in [1.29, 1.82) is 0 Å². The van der Waals surface area contributed by atoms with Gasteiger partial charge in [-0.15, -0.1) is 0 Å². The molecule has 23 heavy (non-hydrogen) atoms. The average Bonchev–Trinajstić information content (AvgIpc) is 2.60. The number of aliphatic imine (C=N–C) groups is 1. The lowest BCUT2D eigenvalue weighted by Gasteiger charge is -2.11. The van der Waals surface area contributed by atoms with Crippen LogP contribution in [0.1, 0.15) is 17.4 Å². The highest BCUT2D eigenvalue weighted by atomic mass is 16.5. The van der Waals surface area contributed by atoms with Crippen molar-refractivity contribution in [3.05, 3.63) is 59.9 Å². The van der Waals surface area contributed by atoms with Gasteiger partial charge in [-0.3, -0.25) is 9.98 Å². The van der Waals surface area contributed by atoms with Gasteiger partial charge in [-0.25, -0.2) is 0 Å². The molecule has 0 aliphatic heterocycles. The van der Waals surface area contributed by atoms with E-state index in [-0.39, 0.29) is 6.54 Å². The zero-order valence-electron chi connectivity index (χ0n) is 13.1. The number of aromatic nitrogens is 1. The Morgan fingerprint density at radius 2 is 2.22 bits per heavy atom. The third kappa shape index (κ3) is 5.60. The molecule has 4 N–H and O–H groups in total. The highest BCUT2D eigenvalue weighted by molar-refractivity contribution is 5.77. The van der Waals surface area contributed by atoms with Crippen LogP contribution in [0.3, 0.4) is 0 Å². The maximum atomic E-state index is 10.1. The van der Waals surface area contributed by atoms with Crippen LogP contribution in [-0.4, -0.2) is 36.2 Å². The molecule has 0 radical (unpaired) electrons. The van der Waals surface area contributed by atoms with Crippen LogP contribution in [0.5, 0.6) is 5.75 Å². The van der Waals surface area contributed by atoms with Crippen LogP contribution >= 0.6 is 0 Å². The zero-order valence-corrected chi connectivity index (χ0v) is 13.1. The minimum absolute atomic E-state index is 0.190. The Hall–Kier alpha value is -2.60. The summed E-state index contributed by atoms with van der Waals surface area (Å²) in [5.74, 6) is 1.01. The number of methoxy groups -OCH3 is 1. The SMILES string of the molecule is COc1cccc(C(O)CN=C(N)NCCc2ccccn2)c1. The van der Waals surface area contributed by atoms with Crippen LogP contribution in [0.2, 0.25) is 0 Å². The first kappa shape index (κ1) is 16.8. The Labute approximate surface area is 136 Å². The lowest BCUT2D eigenvalue weighted by molar-refractivity contribution is 0.186. The summed E-state index contributed by atoms with van der Waals surface area (Å²) in [5.41, 5.74) is 7.54. The molecule has 0 aliphatic carbocycles. The number of pyridine rings is 1. The molecular weight excluding hydrogens is 292 g/mol. The van der Waals surface area contributed by atoms with Crippen LogP contribution in [-0.2, 0) is 6.42 Å². The highest BCUT2D eigenvalue weighted by Gasteiger charge is 2.08. The molecular formula is C17H22N4O2. The number of aliphatic hydroxyl groups is 1. The summed E-state index contributed by atoms with van der Waals surface area (Å²) in [4.78, 5) is 8.39. The minimum atomic E-state index is -0.721. The van der Waals surface area contributed by atoms with Gasteiger partial charge in [-0.1, -0.05) is 18.2 Å². The number of hydrogen-bond donors (Lipinski definition) is 3. The van der Waals surface area contributed by atoms with Crippen LogP contribution < -0.4 is 15.8 Å². The first-order valence-corrected chi connectivity index (χ1v) is 7.44. The Morgan fingerprint density at radius 1 is 1.35 bits per heavy atom. The highest BCUT2D eigenvalue weighted by Crippen LogP contribution is 2.19. The molecule has 1 unspecified atom stereocenters. The standard InChI is InChI=1S/C17H22N4O2/c1-23-15-7-4-5-13(11-15)16(22)12-21-17(18)20-10-8-14-6-2-3-9-19-14/h2-7,9,11,16,22H,8,10,12H2,1H3,(H3,18,20,21). The Bertz CT molecular complexity index is 632. The molecule has 1 atom stereocenters. The molecule has 2 rings (SSSR count). The fraction of sp³-hybridized carbons (Fsp3) is 0.294. The summed E-state index contributed by atoms with van der Waals surface area (Å²) >= 11 is 0. The summed E-state index contributed by atoms with van der Waals surface area (Å²) in [6, 6.07) is 13.1. The first-order chi connectivity index (χ1) is 11.2. The Kier molecular flexibility index (Phi) is 6.38. The summed E-state index contributed by atoms with van der Waals surface area (Å²) < 4.78 is 5.14. The molecule has 2 aromatic rings. The quantitative estimate of drug-likeness (QED) is 0.529. The largest absolute Gasteiger partial charge is 0.497 e. The van der Waals surface area contributed by atoms with E-state index in [0.717, 1.165) is 17.7 Å². The molecule has 0 saturated carbocycles. The van der Waals surface area contributed by atoms with E-state index in [9.17, 15) is 5.11 Å². The van der Waals surface area contributed by atoms with Crippen molar-refractivity contribution in [2.45, 2.75) is 12.5 Å². The van der Waals surface area contributed by atoms with Gasteiger partial charge in [0.25, 0.3) is 0 Å². The second-order valence-electron chi connectivity index (χ2n) is 5.02. The first-order valence-electron chi connectivity index (χ1n) is 7.44. The molecule has 6 nitrogen and oxygen atoms in total. The summed E-state index contributed by atoms with van der Waals surface area (Å²) in [5, 5.41) is 13.1. The van der Waals surface area contributed by atoms with Crippen molar-refractivity contribution in [2.75, 3.05) is 20.2 Å². The van der Waals surface area contributed by atoms with Crippen molar-refractivity contribution < 1.29 is 9.84 Å². The van der Waals surface area contributed by atoms with Gasteiger partial charge in [0.15, 0.2) is 5.96 Å². The molecule has 0 fully saturated rings. The topological polar surface area (TPSA) is 92.8 Å². The average molecular weight is 314 g/mol. The molecule has 122 valence electrons. The molecule has 0 bridgehead atoms. The monoisotopic (exact) mass is 314 g/mol. The van der Waals surface area contributed by atoms with E-state index in [1.165, 1.54) is 0 Å². The molecule has 0 amide bonds. The van der Waals surface area contributed by atoms with Gasteiger partial charge in [0.2, 0.25) is 0 Å². The second kappa shape index (κ2) is 8.75. The van der Waals surface area contributed by atoms with E-state index in [4.69, 9.17) is 10.5 Å². The van der Waals surface area contributed by atoms with Crippen LogP contribution in [0.25, 0.3) is 0 Å². The number of guanidine groups is 1. The van der Waals surface area contributed by atoms with Gasteiger partial charge in [0.1, 0.15) is 5.75 Å². The summed E-state index contributed by atoms with van der Waals surface area (Å²) in [6.07, 6.45) is 1.80. The molecule has 0 spiro atoms. The molecule has 1 heterocycles. The van der Waals surface area contributed by atoms with E-state index >= 15 is 0 Å². The maximum absolute atomic E-state index is 10.1. The third-order valence-electron chi connectivity index (χ3n) is 3.33. The fourth-order valence-corrected chi connectivity index (χ4v) is 2.06. The van der Waals surface area contributed by atoms with Gasteiger partial charge in [0, 0.05) is 24.9 Å². The minimum Gasteiger partial charge on any atom is -0.497 e. The van der Waals surface area contributed by atoms with Crippen molar-refractivity contribution in [1.82, 2.24) is 10.3 Å². The number of rotatable bonds is 7. The van der Waals surface area contributed by atoms with E-state index in [1.807, 2.05) is 36.4 Å². The van der Waals surface area contributed by atoms with E-state index < -0.39 is 6.10 Å². The number of nitrogens with zero attached hydrogens (tertiary/aromatic N) is 2. The van der Waals surface area contributed by atoms with Crippen LogP contribution in [0.15, 0.2) is 53.7 Å². The van der Waals surface area contributed by atoms with Gasteiger partial charge >= 0.3 is 0 Å². The van der Waals surface area contributed by atoms with Crippen LogP contribution in [0, 0.1) is 0 Å². The molecule has 0 aliphatic rings. The fourth-order valence-electron chi connectivity index (χ4n) is 2.06. The number of hydrogen-bond acceptors (Lipinski definition) is 4.